The first-order chi connectivity index (χ1) is 15.7. The minimum Gasteiger partial charge on any atom is -0.488 e. The molecule has 2 atom stereocenters. The topological polar surface area (TPSA) is 46.0 Å². The second-order valence-corrected chi connectivity index (χ2v) is 8.48. The lowest BCUT2D eigenvalue weighted by molar-refractivity contribution is 0.213. The Hall–Kier alpha value is -3.66. The molecule has 2 heterocycles. The van der Waals surface area contributed by atoms with Crippen LogP contribution in [0.25, 0.3) is 11.1 Å². The van der Waals surface area contributed by atoms with E-state index in [0.717, 1.165) is 22.8 Å². The first-order valence-corrected chi connectivity index (χ1v) is 11.1. The van der Waals surface area contributed by atoms with Gasteiger partial charge < -0.3 is 10.1 Å². The Labute approximate surface area is 189 Å². The fraction of sp³-hybridized carbons (Fsp3) is 0.214. The van der Waals surface area contributed by atoms with Crippen LogP contribution in [0.5, 0.6) is 0 Å². The summed E-state index contributed by atoms with van der Waals surface area (Å²) >= 11 is 0. The molecule has 0 spiro atoms. The van der Waals surface area contributed by atoms with E-state index in [1.807, 2.05) is 12.1 Å². The summed E-state index contributed by atoms with van der Waals surface area (Å²) in [5.41, 5.74) is 5.99. The van der Waals surface area contributed by atoms with E-state index in [9.17, 15) is 0 Å². The van der Waals surface area contributed by atoms with E-state index in [2.05, 4.69) is 92.0 Å². The molecule has 0 aliphatic carbocycles. The van der Waals surface area contributed by atoms with Gasteiger partial charge in [-0.05, 0) is 34.2 Å². The third-order valence-electron chi connectivity index (χ3n) is 5.94. The molecule has 5 rings (SSSR count). The van der Waals surface area contributed by atoms with E-state index in [1.165, 1.54) is 16.7 Å². The number of amidine groups is 2. The quantitative estimate of drug-likeness (QED) is 0.574. The minimum absolute atomic E-state index is 0.0503. The number of ether oxygens (including phenoxy) is 1. The van der Waals surface area contributed by atoms with Crippen molar-refractivity contribution in [2.45, 2.75) is 38.5 Å². The molecule has 1 N–H and O–H groups in total. The van der Waals surface area contributed by atoms with Crippen molar-refractivity contribution in [1.29, 1.82) is 0 Å². The fourth-order valence-corrected chi connectivity index (χ4v) is 4.19. The van der Waals surface area contributed by atoms with E-state index in [1.54, 1.807) is 6.26 Å². The summed E-state index contributed by atoms with van der Waals surface area (Å²) in [6.45, 7) is 5.00. The lowest BCUT2D eigenvalue weighted by atomic mass is 9.95. The van der Waals surface area contributed by atoms with Gasteiger partial charge in [-0.3, -0.25) is 9.98 Å². The number of fused-ring (bicyclic) bond motifs is 1. The van der Waals surface area contributed by atoms with E-state index < -0.39 is 0 Å². The van der Waals surface area contributed by atoms with Gasteiger partial charge in [-0.2, -0.15) is 0 Å². The van der Waals surface area contributed by atoms with Crippen LogP contribution in [0.3, 0.4) is 0 Å². The zero-order valence-electron chi connectivity index (χ0n) is 18.4. The summed E-state index contributed by atoms with van der Waals surface area (Å²) in [6.07, 6.45) is 3.56. The van der Waals surface area contributed by atoms with Crippen molar-refractivity contribution in [2.75, 3.05) is 0 Å². The second kappa shape index (κ2) is 8.83. The molecule has 0 saturated carbocycles. The highest BCUT2D eigenvalue weighted by molar-refractivity contribution is 6.13. The highest BCUT2D eigenvalue weighted by atomic mass is 16.5. The van der Waals surface area contributed by atoms with Gasteiger partial charge in [0.1, 0.15) is 17.7 Å². The van der Waals surface area contributed by atoms with Crippen LogP contribution in [0.2, 0.25) is 0 Å². The molecule has 2 aliphatic rings. The standard InChI is InChI=1S/C28H27N3O/c1-19(2)23-10-6-7-11-24(23)27-30-25-16-17-32-26(25)28(31-27)29-18-20-12-14-22(15-13-20)21-8-4-3-5-9-21/h3-17,19,25-26H,18H2,1-2H3,(H,29,30,31). The van der Waals surface area contributed by atoms with Crippen LogP contribution < -0.4 is 5.32 Å². The Morgan fingerprint density at radius 1 is 0.906 bits per heavy atom. The second-order valence-electron chi connectivity index (χ2n) is 8.48. The molecule has 2 aliphatic heterocycles. The summed E-state index contributed by atoms with van der Waals surface area (Å²) in [7, 11) is 0. The first-order valence-electron chi connectivity index (χ1n) is 11.1. The molecule has 32 heavy (non-hydrogen) atoms. The number of nitrogens with zero attached hydrogens (tertiary/aromatic N) is 2. The molecule has 0 aromatic heterocycles. The molecule has 0 saturated heterocycles. The van der Waals surface area contributed by atoms with Crippen LogP contribution >= 0.6 is 0 Å². The van der Waals surface area contributed by atoms with Crippen LogP contribution in [0.1, 0.15) is 36.5 Å². The van der Waals surface area contributed by atoms with Gasteiger partial charge in [-0.25, -0.2) is 0 Å². The van der Waals surface area contributed by atoms with Gasteiger partial charge in [-0.15, -0.1) is 0 Å². The molecule has 0 radical (unpaired) electrons. The number of nitrogens with one attached hydrogen (secondary N) is 1. The monoisotopic (exact) mass is 421 g/mol. The van der Waals surface area contributed by atoms with Crippen LogP contribution in [0.4, 0.5) is 0 Å². The molecule has 4 nitrogen and oxygen atoms in total. The maximum absolute atomic E-state index is 5.82. The number of hydrogen-bond acceptors (Lipinski definition) is 3. The molecule has 3 aromatic rings. The fourth-order valence-electron chi connectivity index (χ4n) is 4.19. The molecule has 160 valence electrons. The summed E-state index contributed by atoms with van der Waals surface area (Å²) < 4.78 is 5.82. The van der Waals surface area contributed by atoms with Crippen LogP contribution in [-0.4, -0.2) is 23.8 Å². The number of aliphatic imine (C=N–C) groups is 2. The third kappa shape index (κ3) is 4.09. The number of hydrogen-bond donors (Lipinski definition) is 1. The zero-order valence-corrected chi connectivity index (χ0v) is 18.4. The summed E-state index contributed by atoms with van der Waals surface area (Å²) in [5.74, 6) is 2.10. The molecular formula is C28H27N3O. The van der Waals surface area contributed by atoms with Gasteiger partial charge >= 0.3 is 0 Å². The minimum atomic E-state index is -0.187. The van der Waals surface area contributed by atoms with Crippen molar-refractivity contribution in [1.82, 2.24) is 5.32 Å². The van der Waals surface area contributed by atoms with Gasteiger partial charge in [0.2, 0.25) is 0 Å². The maximum atomic E-state index is 5.82. The average molecular weight is 422 g/mol. The Kier molecular flexibility index (Phi) is 5.59. The van der Waals surface area contributed by atoms with Crippen LogP contribution in [-0.2, 0) is 11.3 Å². The van der Waals surface area contributed by atoms with E-state index in [-0.39, 0.29) is 12.1 Å². The largest absolute Gasteiger partial charge is 0.488 e. The van der Waals surface area contributed by atoms with Crippen LogP contribution in [0.15, 0.2) is 101 Å². The van der Waals surface area contributed by atoms with Gasteiger partial charge in [0.15, 0.2) is 6.10 Å². The molecule has 4 heteroatoms. The lowest BCUT2D eigenvalue weighted by Crippen LogP contribution is -2.48. The van der Waals surface area contributed by atoms with Crippen molar-refractivity contribution < 1.29 is 4.74 Å². The van der Waals surface area contributed by atoms with E-state index in [4.69, 9.17) is 14.7 Å². The highest BCUT2D eigenvalue weighted by Crippen LogP contribution is 2.25. The predicted octanol–water partition coefficient (Wildman–Crippen LogP) is 5.71. The van der Waals surface area contributed by atoms with Crippen molar-refractivity contribution in [2.24, 2.45) is 9.98 Å². The van der Waals surface area contributed by atoms with Crippen molar-refractivity contribution in [3.05, 3.63) is 108 Å². The highest BCUT2D eigenvalue weighted by Gasteiger charge is 2.35. The van der Waals surface area contributed by atoms with Gasteiger partial charge in [-0.1, -0.05) is 92.7 Å². The molecule has 0 bridgehead atoms. The Morgan fingerprint density at radius 2 is 1.62 bits per heavy atom. The Balaban J connectivity index is 1.38. The summed E-state index contributed by atoms with van der Waals surface area (Å²) in [5, 5.41) is 3.48. The summed E-state index contributed by atoms with van der Waals surface area (Å²) in [4.78, 5) is 9.83. The number of benzene rings is 3. The molecule has 2 unspecified atom stereocenters. The molecule has 0 amide bonds. The van der Waals surface area contributed by atoms with E-state index in [0.29, 0.717) is 12.5 Å². The Morgan fingerprint density at radius 3 is 2.41 bits per heavy atom. The number of rotatable bonds is 5. The maximum Gasteiger partial charge on any atom is 0.181 e. The predicted molar refractivity (Wildman–Crippen MR) is 131 cm³/mol. The van der Waals surface area contributed by atoms with Gasteiger partial charge in [0.25, 0.3) is 0 Å². The Bertz CT molecular complexity index is 1180. The average Bonchev–Trinajstić information content (AvgIpc) is 3.32. The normalized spacial score (nSPS) is 20.6. The smallest absolute Gasteiger partial charge is 0.181 e. The zero-order chi connectivity index (χ0) is 21.9. The SMILES string of the molecule is CC(C)c1ccccc1C1=NC2C=COC2C(=NCc2ccc(-c3ccccc3)cc2)N1. The van der Waals surface area contributed by atoms with Crippen LogP contribution in [0, 0.1) is 0 Å². The third-order valence-corrected chi connectivity index (χ3v) is 5.94. The first kappa shape index (κ1) is 20.3. The van der Waals surface area contributed by atoms with Crippen molar-refractivity contribution in [3.8, 4) is 11.1 Å². The van der Waals surface area contributed by atoms with Crippen molar-refractivity contribution in [3.63, 3.8) is 0 Å². The van der Waals surface area contributed by atoms with E-state index >= 15 is 0 Å². The molecule has 0 fully saturated rings. The lowest BCUT2D eigenvalue weighted by Gasteiger charge is -2.27. The molecular weight excluding hydrogens is 394 g/mol. The molecule has 3 aromatic carbocycles. The summed E-state index contributed by atoms with van der Waals surface area (Å²) in [6, 6.07) is 27.4. The van der Waals surface area contributed by atoms with Gasteiger partial charge in [0, 0.05) is 5.56 Å². The van der Waals surface area contributed by atoms with Gasteiger partial charge in [0.05, 0.1) is 12.8 Å². The van der Waals surface area contributed by atoms with Crippen molar-refractivity contribution >= 4 is 11.7 Å².